The highest BCUT2D eigenvalue weighted by Crippen LogP contribution is 2.37. The molecule has 0 amide bonds. The molecule has 2 atom stereocenters. The Labute approximate surface area is 142 Å². The van der Waals surface area contributed by atoms with Crippen molar-refractivity contribution >= 4 is 5.69 Å². The molecule has 0 N–H and O–H groups in total. The highest BCUT2D eigenvalue weighted by Gasteiger charge is 2.28. The van der Waals surface area contributed by atoms with Gasteiger partial charge < -0.3 is 9.64 Å². The third kappa shape index (κ3) is 3.41. The molecule has 2 aromatic rings. The Morgan fingerprint density at radius 1 is 1.12 bits per heavy atom. The highest BCUT2D eigenvalue weighted by atomic mass is 16.6. The molecule has 5 heteroatoms. The smallest absolute Gasteiger partial charge is 0.310 e. The minimum absolute atomic E-state index is 0.0145. The fourth-order valence-corrected chi connectivity index (χ4v) is 3.33. The summed E-state index contributed by atoms with van der Waals surface area (Å²) in [5.74, 6) is 0.335. The number of nitrogens with zero attached hydrogens (tertiary/aromatic N) is 2. The first-order valence-corrected chi connectivity index (χ1v) is 8.20. The van der Waals surface area contributed by atoms with E-state index in [1.807, 2.05) is 12.1 Å². The quantitative estimate of drug-likeness (QED) is 0.484. The van der Waals surface area contributed by atoms with Gasteiger partial charge in [-0.2, -0.15) is 0 Å². The Hall–Kier alpha value is -2.40. The zero-order chi connectivity index (χ0) is 17.1. The summed E-state index contributed by atoms with van der Waals surface area (Å²) in [6.07, 6.45) is 2.68. The lowest BCUT2D eigenvalue weighted by molar-refractivity contribution is -0.386. The van der Waals surface area contributed by atoms with Crippen LogP contribution in [0, 0.1) is 10.1 Å². The molecule has 0 aliphatic heterocycles. The zero-order valence-electron chi connectivity index (χ0n) is 14.0. The van der Waals surface area contributed by atoms with Gasteiger partial charge in [0.25, 0.3) is 0 Å². The first-order chi connectivity index (χ1) is 11.6. The van der Waals surface area contributed by atoms with Gasteiger partial charge in [0.2, 0.25) is 0 Å². The van der Waals surface area contributed by atoms with Crippen molar-refractivity contribution in [2.75, 3.05) is 14.1 Å². The van der Waals surface area contributed by atoms with Crippen LogP contribution in [0.3, 0.4) is 0 Å². The second kappa shape index (κ2) is 7.01. The first kappa shape index (κ1) is 16.5. The summed E-state index contributed by atoms with van der Waals surface area (Å²) in [5.41, 5.74) is 2.42. The monoisotopic (exact) mass is 326 g/mol. The summed E-state index contributed by atoms with van der Waals surface area (Å²) in [5, 5.41) is 11.3. The van der Waals surface area contributed by atoms with Crippen molar-refractivity contribution in [3.05, 3.63) is 69.8 Å². The van der Waals surface area contributed by atoms with E-state index in [4.69, 9.17) is 4.74 Å². The van der Waals surface area contributed by atoms with Gasteiger partial charge in [-0.3, -0.25) is 10.1 Å². The van der Waals surface area contributed by atoms with E-state index in [0.717, 1.165) is 24.8 Å². The van der Waals surface area contributed by atoms with Gasteiger partial charge >= 0.3 is 5.69 Å². The Morgan fingerprint density at radius 2 is 1.83 bits per heavy atom. The van der Waals surface area contributed by atoms with Crippen LogP contribution in [0.2, 0.25) is 0 Å². The molecule has 1 aliphatic carbocycles. The van der Waals surface area contributed by atoms with Crippen molar-refractivity contribution in [1.82, 2.24) is 4.90 Å². The van der Waals surface area contributed by atoms with Gasteiger partial charge in [-0.15, -0.1) is 0 Å². The Balaban J connectivity index is 1.96. The van der Waals surface area contributed by atoms with Crippen molar-refractivity contribution in [2.45, 2.75) is 31.4 Å². The van der Waals surface area contributed by atoms with E-state index < -0.39 is 0 Å². The van der Waals surface area contributed by atoms with Crippen LogP contribution in [0.25, 0.3) is 0 Å². The van der Waals surface area contributed by atoms with Crippen molar-refractivity contribution in [3.8, 4) is 5.75 Å². The Morgan fingerprint density at radius 3 is 2.58 bits per heavy atom. The fourth-order valence-electron chi connectivity index (χ4n) is 3.33. The molecule has 0 heterocycles. The van der Waals surface area contributed by atoms with E-state index in [2.05, 4.69) is 31.1 Å². The number of nitro benzene ring substituents is 1. The predicted octanol–water partition coefficient (Wildman–Crippen LogP) is 3.98. The second-order valence-corrected chi connectivity index (χ2v) is 6.42. The summed E-state index contributed by atoms with van der Waals surface area (Å²) in [4.78, 5) is 13.1. The van der Waals surface area contributed by atoms with Gasteiger partial charge in [0.15, 0.2) is 5.75 Å². The van der Waals surface area contributed by atoms with Gasteiger partial charge in [-0.25, -0.2) is 0 Å². The van der Waals surface area contributed by atoms with Crippen LogP contribution in [0.1, 0.15) is 30.1 Å². The maximum atomic E-state index is 11.3. The molecule has 1 aliphatic rings. The number of nitro groups is 1. The van der Waals surface area contributed by atoms with E-state index in [1.165, 1.54) is 11.6 Å². The molecule has 3 rings (SSSR count). The Kier molecular flexibility index (Phi) is 4.81. The molecule has 5 nitrogen and oxygen atoms in total. The summed E-state index contributed by atoms with van der Waals surface area (Å²) in [7, 11) is 4.14. The molecule has 0 spiro atoms. The minimum Gasteiger partial charge on any atom is -0.479 e. The number of benzene rings is 2. The molecule has 0 unspecified atom stereocenters. The standard InChI is InChI=1S/C19H22N2O3/c1-20(2)15-12-11-14-7-3-4-8-16(14)19(13-15)24-18-10-6-5-9-17(18)21(22)23/h3-10,15,19H,11-13H2,1-2H3/t15-,19-/m1/s1. The molecular formula is C19H22N2O3. The molecule has 0 saturated carbocycles. The number of rotatable bonds is 4. The van der Waals surface area contributed by atoms with Gasteiger partial charge in [0, 0.05) is 18.5 Å². The molecule has 24 heavy (non-hydrogen) atoms. The lowest BCUT2D eigenvalue weighted by Crippen LogP contribution is -2.30. The van der Waals surface area contributed by atoms with Gasteiger partial charge in [-0.05, 0) is 44.1 Å². The lowest BCUT2D eigenvalue weighted by atomic mass is 10.0. The maximum absolute atomic E-state index is 11.3. The molecule has 0 aromatic heterocycles. The van der Waals surface area contributed by atoms with E-state index in [1.54, 1.807) is 18.2 Å². The largest absolute Gasteiger partial charge is 0.479 e. The van der Waals surface area contributed by atoms with Crippen molar-refractivity contribution in [1.29, 1.82) is 0 Å². The third-order valence-corrected chi connectivity index (χ3v) is 4.70. The van der Waals surface area contributed by atoms with Gasteiger partial charge in [-0.1, -0.05) is 36.4 Å². The normalized spacial score (nSPS) is 20.3. The van der Waals surface area contributed by atoms with Crippen LogP contribution in [0.4, 0.5) is 5.69 Å². The summed E-state index contributed by atoms with van der Waals surface area (Å²) >= 11 is 0. The molecule has 0 saturated heterocycles. The number of hydrogen-bond donors (Lipinski definition) is 0. The number of fused-ring (bicyclic) bond motifs is 1. The maximum Gasteiger partial charge on any atom is 0.310 e. The van der Waals surface area contributed by atoms with Crippen LogP contribution in [-0.4, -0.2) is 30.0 Å². The van der Waals surface area contributed by atoms with E-state index in [0.29, 0.717) is 11.8 Å². The molecule has 0 bridgehead atoms. The Bertz CT molecular complexity index is 730. The van der Waals surface area contributed by atoms with Gasteiger partial charge in [0.1, 0.15) is 6.10 Å². The average Bonchev–Trinajstić information content (AvgIpc) is 2.75. The SMILES string of the molecule is CN(C)[C@@H]1CCc2ccccc2[C@H](Oc2ccccc2[N+](=O)[O-])C1. The van der Waals surface area contributed by atoms with Crippen LogP contribution < -0.4 is 4.74 Å². The van der Waals surface area contributed by atoms with E-state index in [-0.39, 0.29) is 16.7 Å². The van der Waals surface area contributed by atoms with Crippen molar-refractivity contribution in [3.63, 3.8) is 0 Å². The number of ether oxygens (including phenoxy) is 1. The van der Waals surface area contributed by atoms with Crippen LogP contribution in [-0.2, 0) is 6.42 Å². The molecule has 2 aromatic carbocycles. The third-order valence-electron chi connectivity index (χ3n) is 4.70. The average molecular weight is 326 g/mol. The number of para-hydroxylation sites is 2. The summed E-state index contributed by atoms with van der Waals surface area (Å²) < 4.78 is 6.17. The van der Waals surface area contributed by atoms with Crippen LogP contribution >= 0.6 is 0 Å². The summed E-state index contributed by atoms with van der Waals surface area (Å²) in [6.45, 7) is 0. The van der Waals surface area contributed by atoms with Crippen molar-refractivity contribution in [2.24, 2.45) is 0 Å². The lowest BCUT2D eigenvalue weighted by Gasteiger charge is -2.26. The fraction of sp³-hybridized carbons (Fsp3) is 0.368. The van der Waals surface area contributed by atoms with E-state index >= 15 is 0 Å². The molecule has 0 fully saturated rings. The number of aryl methyl sites for hydroxylation is 1. The highest BCUT2D eigenvalue weighted by molar-refractivity contribution is 5.46. The van der Waals surface area contributed by atoms with Gasteiger partial charge in [0.05, 0.1) is 4.92 Å². The second-order valence-electron chi connectivity index (χ2n) is 6.42. The first-order valence-electron chi connectivity index (χ1n) is 8.20. The van der Waals surface area contributed by atoms with E-state index in [9.17, 15) is 10.1 Å². The van der Waals surface area contributed by atoms with Crippen LogP contribution in [0.5, 0.6) is 5.75 Å². The topological polar surface area (TPSA) is 55.6 Å². The minimum atomic E-state index is -0.388. The molecule has 0 radical (unpaired) electrons. The van der Waals surface area contributed by atoms with Crippen LogP contribution in [0.15, 0.2) is 48.5 Å². The zero-order valence-corrected chi connectivity index (χ0v) is 14.0. The molecular weight excluding hydrogens is 304 g/mol. The predicted molar refractivity (Wildman–Crippen MR) is 93.3 cm³/mol. The number of hydrogen-bond acceptors (Lipinski definition) is 4. The van der Waals surface area contributed by atoms with Crippen molar-refractivity contribution < 1.29 is 9.66 Å². The summed E-state index contributed by atoms with van der Waals surface area (Å²) in [6, 6.07) is 15.2. The molecule has 126 valence electrons.